The van der Waals surface area contributed by atoms with E-state index in [-0.39, 0.29) is 0 Å². The molecule has 0 radical (unpaired) electrons. The molecule has 58 heavy (non-hydrogen) atoms. The van der Waals surface area contributed by atoms with Crippen molar-refractivity contribution in [3.63, 3.8) is 0 Å². The molecule has 0 bridgehead atoms. The van der Waals surface area contributed by atoms with Crippen LogP contribution in [0.25, 0.3) is 68.1 Å². The van der Waals surface area contributed by atoms with E-state index in [1.54, 1.807) is 0 Å². The Morgan fingerprint density at radius 3 is 2.07 bits per heavy atom. The number of hydrogen-bond donors (Lipinski definition) is 0. The van der Waals surface area contributed by atoms with Crippen molar-refractivity contribution in [2.75, 3.05) is 0 Å². The third-order valence-electron chi connectivity index (χ3n) is 10.6. The summed E-state index contributed by atoms with van der Waals surface area (Å²) in [4.78, 5) is 10.1. The van der Waals surface area contributed by atoms with E-state index in [1.165, 1.54) is 5.56 Å². The molecule has 0 saturated carbocycles. The molecule has 0 amide bonds. The molecule has 6 aromatic carbocycles. The van der Waals surface area contributed by atoms with Crippen LogP contribution in [0.3, 0.4) is 0 Å². The molecule has 7 rings (SSSR count). The fourth-order valence-corrected chi connectivity index (χ4v) is 7.53. The number of aryl methyl sites for hydroxylation is 2. The number of allylic oxidation sites excluding steroid dienone is 8. The molecule has 1 aromatic heterocycles. The van der Waals surface area contributed by atoms with Crippen molar-refractivity contribution in [2.24, 2.45) is 4.99 Å². The molecule has 2 nitrogen and oxygen atoms in total. The van der Waals surface area contributed by atoms with Gasteiger partial charge < -0.3 is 0 Å². The van der Waals surface area contributed by atoms with Crippen molar-refractivity contribution in [1.29, 1.82) is 0 Å². The first-order chi connectivity index (χ1) is 28.3. The molecule has 2 heteroatoms. The lowest BCUT2D eigenvalue weighted by Crippen LogP contribution is -2.30. The number of fused-ring (bicyclic) bond motifs is 1. The minimum Gasteiger partial charge on any atom is -0.256 e. The monoisotopic (exact) mass is 748 g/mol. The number of rotatable bonds is 11. The summed E-state index contributed by atoms with van der Waals surface area (Å²) < 4.78 is 0. The molecule has 7 aromatic rings. The summed E-state index contributed by atoms with van der Waals surface area (Å²) in [5.41, 5.74) is 16.0. The summed E-state index contributed by atoms with van der Waals surface area (Å²) >= 11 is 0. The first kappa shape index (κ1) is 39.1. The fraction of sp³-hybridized carbons (Fsp3) is 0.0714. The highest BCUT2D eigenvalue weighted by molar-refractivity contribution is 6.07. The molecule has 0 spiro atoms. The average molecular weight is 749 g/mol. The molecule has 0 aliphatic heterocycles. The van der Waals surface area contributed by atoms with E-state index < -0.39 is 0 Å². The molecule has 0 atom stereocenters. The minimum absolute atomic E-state index is 0.895. The van der Waals surface area contributed by atoms with Gasteiger partial charge in [0.25, 0.3) is 0 Å². The molecule has 0 aliphatic carbocycles. The lowest BCUT2D eigenvalue weighted by atomic mass is 9.86. The van der Waals surface area contributed by atoms with Crippen molar-refractivity contribution in [3.05, 3.63) is 228 Å². The Morgan fingerprint density at radius 2 is 1.38 bits per heavy atom. The molecule has 0 fully saturated rings. The Bertz CT molecular complexity index is 2890. The van der Waals surface area contributed by atoms with E-state index in [1.807, 2.05) is 42.6 Å². The van der Waals surface area contributed by atoms with Crippen LogP contribution < -0.4 is 10.4 Å². The van der Waals surface area contributed by atoms with Gasteiger partial charge in [-0.05, 0) is 123 Å². The van der Waals surface area contributed by atoms with E-state index in [0.29, 0.717) is 0 Å². The van der Waals surface area contributed by atoms with Gasteiger partial charge in [0.05, 0.1) is 11.4 Å². The Balaban J connectivity index is 1.41. The largest absolute Gasteiger partial charge is 0.256 e. The maximum Gasteiger partial charge on any atom is 0.0702 e. The van der Waals surface area contributed by atoms with Crippen molar-refractivity contribution in [1.82, 2.24) is 4.98 Å². The van der Waals surface area contributed by atoms with Crippen LogP contribution in [0.15, 0.2) is 194 Å². The van der Waals surface area contributed by atoms with Crippen molar-refractivity contribution in [2.45, 2.75) is 27.7 Å². The first-order valence-electron chi connectivity index (χ1n) is 19.7. The Kier molecular flexibility index (Phi) is 12.0. The first-order valence-corrected chi connectivity index (χ1v) is 19.7. The van der Waals surface area contributed by atoms with Crippen LogP contribution in [-0.2, 0) is 0 Å². The maximum atomic E-state index is 5.04. The second kappa shape index (κ2) is 17.7. The summed E-state index contributed by atoms with van der Waals surface area (Å²) in [6.07, 6.45) is 16.3. The third kappa shape index (κ3) is 8.33. The Hall–Kier alpha value is -7.16. The van der Waals surface area contributed by atoms with E-state index >= 15 is 0 Å². The smallest absolute Gasteiger partial charge is 0.0702 e. The Morgan fingerprint density at radius 1 is 0.655 bits per heavy atom. The second-order valence-electron chi connectivity index (χ2n) is 14.5. The number of aromatic nitrogens is 1. The molecule has 0 unspecified atom stereocenters. The van der Waals surface area contributed by atoms with Gasteiger partial charge in [-0.3, -0.25) is 9.98 Å². The van der Waals surface area contributed by atoms with Crippen molar-refractivity contribution < 1.29 is 0 Å². The standard InChI is InChI=1S/C56H48N2/c1-8-11-21-42(10-3)56-50-31-29-48(53-32-30-49(37-57-53)47-28-27-39(5)54(36-47)58-41(7)43-22-14-12-15-23-43)35-52(50)55(44-24-16-13-17-25-44)40(6)51(56)34-45(19-9-2)46-26-18-20-38(4)33-46/h8-37H,1-2,6H2,3-5,7H3/b21-11-,42-10+,45-19+,51-34+,58-41?. The van der Waals surface area contributed by atoms with Crippen LogP contribution in [0, 0.1) is 13.8 Å². The normalized spacial score (nSPS) is 12.7. The molecular formula is C56H48N2. The van der Waals surface area contributed by atoms with Gasteiger partial charge in [-0.1, -0.05) is 177 Å². The topological polar surface area (TPSA) is 25.2 Å². The Labute approximate surface area is 343 Å². The summed E-state index contributed by atoms with van der Waals surface area (Å²) in [5.74, 6) is 0. The third-order valence-corrected chi connectivity index (χ3v) is 10.6. The number of nitrogens with zero attached hydrogens (tertiary/aromatic N) is 2. The molecule has 0 saturated heterocycles. The van der Waals surface area contributed by atoms with Crippen LogP contribution in [0.2, 0.25) is 0 Å². The lowest BCUT2D eigenvalue weighted by Gasteiger charge is -2.18. The van der Waals surface area contributed by atoms with E-state index in [2.05, 4.69) is 180 Å². The molecule has 0 N–H and O–H groups in total. The van der Waals surface area contributed by atoms with Gasteiger partial charge in [0.1, 0.15) is 0 Å². The highest BCUT2D eigenvalue weighted by Gasteiger charge is 2.17. The van der Waals surface area contributed by atoms with Gasteiger partial charge in [0.2, 0.25) is 0 Å². The fourth-order valence-electron chi connectivity index (χ4n) is 7.53. The van der Waals surface area contributed by atoms with Crippen LogP contribution in [-0.4, -0.2) is 10.7 Å². The number of aliphatic imine (C=N–C) groups is 1. The minimum atomic E-state index is 0.895. The maximum absolute atomic E-state index is 5.04. The van der Waals surface area contributed by atoms with Gasteiger partial charge in [-0.15, -0.1) is 0 Å². The number of pyridine rings is 1. The highest BCUT2D eigenvalue weighted by Crippen LogP contribution is 2.35. The van der Waals surface area contributed by atoms with Crippen LogP contribution in [0.1, 0.15) is 41.7 Å². The molecule has 0 aliphatic rings. The molecule has 282 valence electrons. The van der Waals surface area contributed by atoms with Gasteiger partial charge >= 0.3 is 0 Å². The zero-order valence-corrected chi connectivity index (χ0v) is 33.8. The summed E-state index contributed by atoms with van der Waals surface area (Å²) in [5, 5.41) is 4.24. The molecule has 1 heterocycles. The zero-order chi connectivity index (χ0) is 40.6. The summed E-state index contributed by atoms with van der Waals surface area (Å²) in [6.45, 7) is 21.3. The highest BCUT2D eigenvalue weighted by atomic mass is 14.7. The van der Waals surface area contributed by atoms with Crippen LogP contribution >= 0.6 is 0 Å². The average Bonchev–Trinajstić information content (AvgIpc) is 3.25. The summed E-state index contributed by atoms with van der Waals surface area (Å²) in [7, 11) is 0. The van der Waals surface area contributed by atoms with Crippen LogP contribution in [0.4, 0.5) is 5.69 Å². The second-order valence-corrected chi connectivity index (χ2v) is 14.5. The quantitative estimate of drug-likeness (QED) is 0.0955. The van der Waals surface area contributed by atoms with Gasteiger partial charge in [-0.2, -0.15) is 0 Å². The lowest BCUT2D eigenvalue weighted by molar-refractivity contribution is 1.32. The summed E-state index contributed by atoms with van der Waals surface area (Å²) in [6, 6.07) is 46.9. The van der Waals surface area contributed by atoms with Gasteiger partial charge in [0.15, 0.2) is 0 Å². The van der Waals surface area contributed by atoms with E-state index in [9.17, 15) is 0 Å². The predicted molar refractivity (Wildman–Crippen MR) is 253 cm³/mol. The number of benzene rings is 6. The SMILES string of the molecule is C=C/C=C\C(=C/C)c1/c(=C/C(=C\C=C)c2cccc(C)c2)c(=C)c(-c2ccccc2)c2cc(-c3ccc(-c4ccc(C)c(N=C(C)c5ccccc5)c4)cn3)ccc12. The van der Waals surface area contributed by atoms with Crippen molar-refractivity contribution in [3.8, 4) is 33.5 Å². The molecular weight excluding hydrogens is 701 g/mol. The van der Waals surface area contributed by atoms with Crippen molar-refractivity contribution >= 4 is 46.0 Å². The van der Waals surface area contributed by atoms with Crippen LogP contribution in [0.5, 0.6) is 0 Å². The van der Waals surface area contributed by atoms with E-state index in [0.717, 1.165) is 99.5 Å². The van der Waals surface area contributed by atoms with E-state index in [4.69, 9.17) is 16.6 Å². The number of hydrogen-bond acceptors (Lipinski definition) is 2. The van der Waals surface area contributed by atoms with Gasteiger partial charge in [-0.25, -0.2) is 0 Å². The van der Waals surface area contributed by atoms with Gasteiger partial charge in [0, 0.05) is 23.0 Å². The predicted octanol–water partition coefficient (Wildman–Crippen LogP) is 13.6. The zero-order valence-electron chi connectivity index (χ0n) is 33.8.